The summed E-state index contributed by atoms with van der Waals surface area (Å²) in [6.45, 7) is 4.27. The molecule has 0 saturated carbocycles. The normalized spacial score (nSPS) is 15.8. The van der Waals surface area contributed by atoms with Crippen molar-refractivity contribution >= 4 is 35.0 Å². The highest BCUT2D eigenvalue weighted by atomic mass is 35.5. The summed E-state index contributed by atoms with van der Waals surface area (Å²) in [6, 6.07) is 14.7. The minimum absolute atomic E-state index is 0.166. The van der Waals surface area contributed by atoms with E-state index in [1.54, 1.807) is 24.3 Å². The maximum Gasteiger partial charge on any atom is 0.280 e. The van der Waals surface area contributed by atoms with Crippen molar-refractivity contribution in [1.82, 2.24) is 0 Å². The van der Waals surface area contributed by atoms with E-state index >= 15 is 0 Å². The molecule has 0 aromatic heterocycles. The maximum atomic E-state index is 12.7. The molecule has 2 aromatic rings. The lowest BCUT2D eigenvalue weighted by Gasteiger charge is -2.11. The summed E-state index contributed by atoms with van der Waals surface area (Å²) in [7, 11) is 0. The van der Waals surface area contributed by atoms with Crippen LogP contribution < -0.4 is 9.75 Å². The van der Waals surface area contributed by atoms with E-state index in [-0.39, 0.29) is 5.91 Å². The van der Waals surface area contributed by atoms with Crippen molar-refractivity contribution in [3.63, 3.8) is 0 Å². The smallest absolute Gasteiger partial charge is 0.280 e. The molecule has 0 bridgehead atoms. The molecule has 0 radical (unpaired) electrons. The van der Waals surface area contributed by atoms with Crippen LogP contribution in [0.1, 0.15) is 19.4 Å². The number of halogens is 1. The molecule has 0 N–H and O–H groups in total. The zero-order valence-electron chi connectivity index (χ0n) is 13.5. The van der Waals surface area contributed by atoms with Crippen LogP contribution in [0.4, 0.5) is 5.69 Å². The second kappa shape index (κ2) is 6.89. The summed E-state index contributed by atoms with van der Waals surface area (Å²) in [5.74, 6) is 0.522. The van der Waals surface area contributed by atoms with Gasteiger partial charge in [-0.2, -0.15) is 10.1 Å². The van der Waals surface area contributed by atoms with Crippen molar-refractivity contribution in [1.29, 1.82) is 0 Å². The van der Waals surface area contributed by atoms with Gasteiger partial charge in [0.25, 0.3) is 5.91 Å². The standard InChI is InChI=1S/C19H17ClN2O2/c1-3-24-18-10-9-15(20)11-14(18)12-17-13(2)21-22(19(17)23)16-7-5-4-6-8-16/h4-12H,3H2,1-2H3/b17-12-. The van der Waals surface area contributed by atoms with Crippen molar-refractivity contribution in [2.24, 2.45) is 5.10 Å². The van der Waals surface area contributed by atoms with E-state index < -0.39 is 0 Å². The zero-order chi connectivity index (χ0) is 17.1. The van der Waals surface area contributed by atoms with Crippen LogP contribution in [-0.2, 0) is 4.79 Å². The number of nitrogens with zero attached hydrogens (tertiary/aromatic N) is 2. The third kappa shape index (κ3) is 3.19. The molecule has 5 heteroatoms. The lowest BCUT2D eigenvalue weighted by atomic mass is 10.1. The highest BCUT2D eigenvalue weighted by Gasteiger charge is 2.28. The Bertz CT molecular complexity index is 829. The summed E-state index contributed by atoms with van der Waals surface area (Å²) in [6.07, 6.45) is 1.78. The van der Waals surface area contributed by atoms with Gasteiger partial charge in [-0.1, -0.05) is 29.8 Å². The molecule has 4 nitrogen and oxygen atoms in total. The van der Waals surface area contributed by atoms with Crippen molar-refractivity contribution in [2.45, 2.75) is 13.8 Å². The van der Waals surface area contributed by atoms with Crippen LogP contribution >= 0.6 is 11.6 Å². The highest BCUT2D eigenvalue weighted by Crippen LogP contribution is 2.29. The average molecular weight is 341 g/mol. The zero-order valence-corrected chi connectivity index (χ0v) is 14.2. The minimum atomic E-state index is -0.166. The van der Waals surface area contributed by atoms with Gasteiger partial charge < -0.3 is 4.74 Å². The quantitative estimate of drug-likeness (QED) is 0.766. The van der Waals surface area contributed by atoms with Gasteiger partial charge in [-0.15, -0.1) is 0 Å². The first-order valence-electron chi connectivity index (χ1n) is 7.69. The number of rotatable bonds is 4. The summed E-state index contributed by atoms with van der Waals surface area (Å²) in [4.78, 5) is 12.7. The fourth-order valence-electron chi connectivity index (χ4n) is 2.50. The first kappa shape index (κ1) is 16.3. The van der Waals surface area contributed by atoms with Gasteiger partial charge in [0, 0.05) is 10.6 Å². The molecule has 2 aromatic carbocycles. The van der Waals surface area contributed by atoms with E-state index in [2.05, 4.69) is 5.10 Å². The van der Waals surface area contributed by atoms with Crippen molar-refractivity contribution in [3.05, 3.63) is 64.7 Å². The van der Waals surface area contributed by atoms with Crippen molar-refractivity contribution < 1.29 is 9.53 Å². The number of ether oxygens (including phenoxy) is 1. The number of carbonyl (C=O) groups is 1. The van der Waals surface area contributed by atoms with Crippen LogP contribution in [0.3, 0.4) is 0 Å². The Balaban J connectivity index is 1.99. The molecule has 122 valence electrons. The van der Waals surface area contributed by atoms with Gasteiger partial charge in [-0.05, 0) is 50.3 Å². The van der Waals surface area contributed by atoms with E-state index in [0.29, 0.717) is 28.7 Å². The first-order chi connectivity index (χ1) is 11.6. The largest absolute Gasteiger partial charge is 0.493 e. The average Bonchev–Trinajstić information content (AvgIpc) is 2.86. The predicted octanol–water partition coefficient (Wildman–Crippen LogP) is 4.54. The minimum Gasteiger partial charge on any atom is -0.493 e. The molecule has 0 atom stereocenters. The van der Waals surface area contributed by atoms with Gasteiger partial charge in [-0.25, -0.2) is 0 Å². The molecule has 1 aliphatic rings. The number of hydrazone groups is 1. The van der Waals surface area contributed by atoms with Gasteiger partial charge in [0.15, 0.2) is 0 Å². The molecular weight excluding hydrogens is 324 g/mol. The molecule has 3 rings (SSSR count). The van der Waals surface area contributed by atoms with Gasteiger partial charge in [0.1, 0.15) is 5.75 Å². The lowest BCUT2D eigenvalue weighted by Crippen LogP contribution is -2.21. The predicted molar refractivity (Wildman–Crippen MR) is 97.6 cm³/mol. The van der Waals surface area contributed by atoms with E-state index in [4.69, 9.17) is 16.3 Å². The number of para-hydroxylation sites is 1. The van der Waals surface area contributed by atoms with Gasteiger partial charge in [0.05, 0.1) is 23.6 Å². The molecule has 0 aliphatic carbocycles. The number of hydrogen-bond acceptors (Lipinski definition) is 3. The molecule has 0 saturated heterocycles. The number of carbonyl (C=O) groups excluding carboxylic acids is 1. The number of anilines is 1. The Morgan fingerprint density at radius 3 is 2.67 bits per heavy atom. The van der Waals surface area contributed by atoms with E-state index in [1.807, 2.05) is 44.2 Å². The van der Waals surface area contributed by atoms with E-state index in [0.717, 1.165) is 11.3 Å². The first-order valence-corrected chi connectivity index (χ1v) is 8.07. The lowest BCUT2D eigenvalue weighted by molar-refractivity contribution is -0.114. The number of benzene rings is 2. The number of amides is 1. The fraction of sp³-hybridized carbons (Fsp3) is 0.158. The fourth-order valence-corrected chi connectivity index (χ4v) is 2.68. The van der Waals surface area contributed by atoms with Crippen LogP contribution in [0.5, 0.6) is 5.75 Å². The van der Waals surface area contributed by atoms with Crippen molar-refractivity contribution in [2.75, 3.05) is 11.6 Å². The topological polar surface area (TPSA) is 41.9 Å². The summed E-state index contributed by atoms with van der Waals surface area (Å²) >= 11 is 6.09. The monoisotopic (exact) mass is 340 g/mol. The Morgan fingerprint density at radius 1 is 1.21 bits per heavy atom. The highest BCUT2D eigenvalue weighted by molar-refractivity contribution is 6.33. The Kier molecular flexibility index (Phi) is 4.67. The molecule has 0 unspecified atom stereocenters. The van der Waals surface area contributed by atoms with Gasteiger partial charge >= 0.3 is 0 Å². The summed E-state index contributed by atoms with van der Waals surface area (Å²) < 4.78 is 5.62. The Morgan fingerprint density at radius 2 is 1.96 bits per heavy atom. The molecular formula is C19H17ClN2O2. The third-order valence-corrected chi connectivity index (χ3v) is 3.87. The second-order valence-corrected chi connectivity index (χ2v) is 5.75. The SMILES string of the molecule is CCOc1ccc(Cl)cc1/C=C1\C(=O)N(c2ccccc2)N=C1C. The molecule has 1 aliphatic heterocycles. The molecule has 24 heavy (non-hydrogen) atoms. The van der Waals surface area contributed by atoms with Crippen LogP contribution in [0.25, 0.3) is 6.08 Å². The van der Waals surface area contributed by atoms with Crippen molar-refractivity contribution in [3.8, 4) is 5.75 Å². The number of hydrogen-bond donors (Lipinski definition) is 0. The van der Waals surface area contributed by atoms with Crippen LogP contribution in [-0.4, -0.2) is 18.2 Å². The van der Waals surface area contributed by atoms with Gasteiger partial charge in [-0.3, -0.25) is 4.79 Å². The third-order valence-electron chi connectivity index (χ3n) is 3.63. The Labute approximate surface area is 146 Å². The van der Waals surface area contributed by atoms with Crippen LogP contribution in [0, 0.1) is 0 Å². The van der Waals surface area contributed by atoms with Crippen LogP contribution in [0.15, 0.2) is 59.2 Å². The van der Waals surface area contributed by atoms with Crippen LogP contribution in [0.2, 0.25) is 5.02 Å². The molecule has 1 amide bonds. The maximum absolute atomic E-state index is 12.7. The molecule has 0 spiro atoms. The second-order valence-electron chi connectivity index (χ2n) is 5.31. The van der Waals surface area contributed by atoms with Gasteiger partial charge in [0.2, 0.25) is 0 Å². The van der Waals surface area contributed by atoms with E-state index in [9.17, 15) is 4.79 Å². The summed E-state index contributed by atoms with van der Waals surface area (Å²) in [5.41, 5.74) is 2.69. The molecule has 0 fully saturated rings. The molecule has 1 heterocycles. The van der Waals surface area contributed by atoms with E-state index in [1.165, 1.54) is 5.01 Å². The Hall–Kier alpha value is -2.59. The summed E-state index contributed by atoms with van der Waals surface area (Å²) in [5, 5.41) is 6.37.